The maximum absolute atomic E-state index is 13.0. The van der Waals surface area contributed by atoms with Crippen LogP contribution in [0, 0.1) is 0 Å². The highest BCUT2D eigenvalue weighted by molar-refractivity contribution is 7.04. The minimum atomic E-state index is -4.50. The van der Waals surface area contributed by atoms with Crippen LogP contribution in [0.25, 0.3) is 33.8 Å². The highest BCUT2D eigenvalue weighted by Gasteiger charge is 2.35. The summed E-state index contributed by atoms with van der Waals surface area (Å²) in [6, 6.07) is 6.96. The Kier molecular flexibility index (Phi) is 5.94. The number of benzene rings is 1. The highest BCUT2D eigenvalue weighted by atomic mass is 32.1. The van der Waals surface area contributed by atoms with Gasteiger partial charge in [0, 0.05) is 30.1 Å². The van der Waals surface area contributed by atoms with Gasteiger partial charge in [0.25, 0.3) is 0 Å². The Bertz CT molecular complexity index is 1630. The number of imidazole rings is 1. The van der Waals surface area contributed by atoms with Crippen molar-refractivity contribution < 1.29 is 22.6 Å². The summed E-state index contributed by atoms with van der Waals surface area (Å²) in [6.45, 7) is 0.162. The van der Waals surface area contributed by atoms with Gasteiger partial charge in [-0.1, -0.05) is 24.3 Å². The average Bonchev–Trinajstić information content (AvgIpc) is 3.51. The molecule has 0 radical (unpaired) electrons. The summed E-state index contributed by atoms with van der Waals surface area (Å²) in [7, 11) is 3.07. The van der Waals surface area contributed by atoms with Gasteiger partial charge in [-0.3, -0.25) is 0 Å². The Morgan fingerprint density at radius 1 is 1.05 bits per heavy atom. The molecule has 1 saturated carbocycles. The van der Waals surface area contributed by atoms with Gasteiger partial charge in [0.05, 0.1) is 12.8 Å². The van der Waals surface area contributed by atoms with Crippen LogP contribution in [0.2, 0.25) is 0 Å². The fraction of sp³-hybridized carbons (Fsp3) is 0.280. The highest BCUT2D eigenvalue weighted by Crippen LogP contribution is 2.45. The number of ether oxygens (including phenoxy) is 2. The summed E-state index contributed by atoms with van der Waals surface area (Å²) in [5, 5.41) is 1.82. The third-order valence-corrected chi connectivity index (χ3v) is 6.78. The largest absolute Gasteiger partial charge is 0.480 e. The number of alkyl halides is 3. The van der Waals surface area contributed by atoms with E-state index >= 15 is 0 Å². The third-order valence-electron chi connectivity index (χ3n) is 6.16. The summed E-state index contributed by atoms with van der Waals surface area (Å²) in [4.78, 5) is 21.8. The Labute approximate surface area is 218 Å². The normalized spacial score (nSPS) is 13.7. The van der Waals surface area contributed by atoms with Gasteiger partial charge >= 0.3 is 6.18 Å². The van der Waals surface area contributed by atoms with Gasteiger partial charge in [0.1, 0.15) is 29.8 Å². The van der Waals surface area contributed by atoms with E-state index in [0.717, 1.165) is 30.3 Å². The Morgan fingerprint density at radius 3 is 2.53 bits per heavy atom. The van der Waals surface area contributed by atoms with Crippen molar-refractivity contribution >= 4 is 22.6 Å². The van der Waals surface area contributed by atoms with Crippen LogP contribution in [0.4, 0.5) is 13.2 Å². The molecule has 0 amide bonds. The molecular formula is C25H20F3N7O2S. The second-order valence-corrected chi connectivity index (χ2v) is 9.49. The number of fused-ring (bicyclic) bond motifs is 1. The Balaban J connectivity index is 1.28. The number of nitrogens with zero attached hydrogens (tertiary/aromatic N) is 7. The number of rotatable bonds is 7. The molecule has 1 aliphatic rings. The summed E-state index contributed by atoms with van der Waals surface area (Å²) in [6.07, 6.45) is 0.0157. The number of methoxy groups -OCH3 is 1. The minimum Gasteiger partial charge on any atom is -0.480 e. The second-order valence-electron chi connectivity index (χ2n) is 8.86. The van der Waals surface area contributed by atoms with Crippen molar-refractivity contribution in [2.45, 2.75) is 31.5 Å². The number of hydrogen-bond acceptors (Lipinski definition) is 9. The zero-order valence-corrected chi connectivity index (χ0v) is 21.0. The van der Waals surface area contributed by atoms with Crippen molar-refractivity contribution in [1.82, 2.24) is 33.9 Å². The van der Waals surface area contributed by atoms with E-state index in [2.05, 4.69) is 29.3 Å². The first-order valence-electron chi connectivity index (χ1n) is 11.7. The molecule has 9 nitrogen and oxygen atoms in total. The van der Waals surface area contributed by atoms with Crippen molar-refractivity contribution in [2.24, 2.45) is 7.05 Å². The van der Waals surface area contributed by atoms with Gasteiger partial charge in [-0.05, 0) is 29.9 Å². The SMILES string of the molecule is COc1ncnc(C2CC2)c1-c1nc(OCc2ccc(-c3nc(C(F)(F)F)cn3C)cc2)c2nscc2n1. The van der Waals surface area contributed by atoms with Gasteiger partial charge in [-0.15, -0.1) is 0 Å². The van der Waals surface area contributed by atoms with Crippen LogP contribution in [0.1, 0.15) is 35.7 Å². The first-order valence-corrected chi connectivity index (χ1v) is 12.5. The Morgan fingerprint density at radius 2 is 1.84 bits per heavy atom. The zero-order chi connectivity index (χ0) is 26.4. The van der Waals surface area contributed by atoms with E-state index in [1.807, 2.05) is 5.38 Å². The molecule has 4 heterocycles. The zero-order valence-electron chi connectivity index (χ0n) is 20.2. The molecule has 5 aromatic rings. The molecule has 0 spiro atoms. The number of hydrogen-bond donors (Lipinski definition) is 0. The molecule has 4 aromatic heterocycles. The number of aromatic nitrogens is 7. The molecule has 0 unspecified atom stereocenters. The van der Waals surface area contributed by atoms with Gasteiger partial charge in [-0.2, -0.15) is 22.5 Å². The molecule has 6 rings (SSSR count). The third kappa shape index (κ3) is 4.53. The maximum atomic E-state index is 13.0. The summed E-state index contributed by atoms with van der Waals surface area (Å²) >= 11 is 1.25. The lowest BCUT2D eigenvalue weighted by molar-refractivity contribution is -0.140. The van der Waals surface area contributed by atoms with Crippen LogP contribution in [0.3, 0.4) is 0 Å². The van der Waals surface area contributed by atoms with Crippen LogP contribution in [0.5, 0.6) is 11.8 Å². The van der Waals surface area contributed by atoms with E-state index in [9.17, 15) is 13.2 Å². The molecule has 13 heteroatoms. The summed E-state index contributed by atoms with van der Waals surface area (Å²) in [5.74, 6) is 1.64. The molecule has 0 saturated heterocycles. The lowest BCUT2D eigenvalue weighted by Crippen LogP contribution is -2.05. The minimum absolute atomic E-state index is 0.162. The number of aryl methyl sites for hydroxylation is 1. The van der Waals surface area contributed by atoms with Crippen molar-refractivity contribution in [3.05, 3.63) is 59.1 Å². The fourth-order valence-electron chi connectivity index (χ4n) is 4.15. The van der Waals surface area contributed by atoms with Gasteiger partial charge in [0.15, 0.2) is 17.0 Å². The van der Waals surface area contributed by atoms with Crippen LogP contribution < -0.4 is 9.47 Å². The topological polar surface area (TPSA) is 101 Å². The van der Waals surface area contributed by atoms with E-state index < -0.39 is 11.9 Å². The van der Waals surface area contributed by atoms with Crippen LogP contribution in [-0.2, 0) is 19.8 Å². The van der Waals surface area contributed by atoms with Gasteiger partial charge < -0.3 is 14.0 Å². The molecule has 1 fully saturated rings. The monoisotopic (exact) mass is 539 g/mol. The molecule has 1 aromatic carbocycles. The lowest BCUT2D eigenvalue weighted by atomic mass is 10.1. The van der Waals surface area contributed by atoms with E-state index in [0.29, 0.717) is 45.7 Å². The quantitative estimate of drug-likeness (QED) is 0.270. The summed E-state index contributed by atoms with van der Waals surface area (Å²) in [5.41, 5.74) is 3.08. The molecule has 0 aliphatic heterocycles. The van der Waals surface area contributed by atoms with E-state index in [1.165, 1.54) is 29.5 Å². The lowest BCUT2D eigenvalue weighted by Gasteiger charge is -2.12. The smallest absolute Gasteiger partial charge is 0.434 e. The predicted molar refractivity (Wildman–Crippen MR) is 133 cm³/mol. The molecule has 0 atom stereocenters. The van der Waals surface area contributed by atoms with Crippen LogP contribution >= 0.6 is 11.5 Å². The first kappa shape index (κ1) is 24.2. The summed E-state index contributed by atoms with van der Waals surface area (Å²) < 4.78 is 56.4. The first-order chi connectivity index (χ1) is 18.3. The van der Waals surface area contributed by atoms with E-state index in [4.69, 9.17) is 9.47 Å². The van der Waals surface area contributed by atoms with Crippen LogP contribution in [-0.4, -0.2) is 41.0 Å². The van der Waals surface area contributed by atoms with Crippen LogP contribution in [0.15, 0.2) is 42.2 Å². The maximum Gasteiger partial charge on any atom is 0.434 e. The molecule has 1 aliphatic carbocycles. The fourth-order valence-corrected chi connectivity index (χ4v) is 4.74. The standard InChI is InChI=1S/C25H20F3N7O2S/c1-35-9-17(25(26,27)28)32-22(35)15-5-3-13(4-6-15)10-37-24-20-16(11-38-34-20)31-21(33-24)18-19(14-7-8-14)29-12-30-23(18)36-2/h3-6,9,11-12,14H,7-8,10H2,1-2H3. The second kappa shape index (κ2) is 9.31. The van der Waals surface area contributed by atoms with E-state index in [-0.39, 0.29) is 12.4 Å². The number of halogens is 3. The molecule has 0 bridgehead atoms. The molecular weight excluding hydrogens is 519 g/mol. The van der Waals surface area contributed by atoms with Crippen molar-refractivity contribution in [2.75, 3.05) is 7.11 Å². The van der Waals surface area contributed by atoms with E-state index in [1.54, 1.807) is 31.4 Å². The average molecular weight is 540 g/mol. The molecule has 38 heavy (non-hydrogen) atoms. The molecule has 0 N–H and O–H groups in total. The van der Waals surface area contributed by atoms with Crippen molar-refractivity contribution in [3.8, 4) is 34.5 Å². The van der Waals surface area contributed by atoms with Crippen molar-refractivity contribution in [3.63, 3.8) is 0 Å². The molecule has 194 valence electrons. The van der Waals surface area contributed by atoms with Gasteiger partial charge in [-0.25, -0.2) is 19.9 Å². The predicted octanol–water partition coefficient (Wildman–Crippen LogP) is 5.43. The Hall–Kier alpha value is -4.13. The van der Waals surface area contributed by atoms with Crippen molar-refractivity contribution in [1.29, 1.82) is 0 Å². The van der Waals surface area contributed by atoms with Gasteiger partial charge in [0.2, 0.25) is 11.8 Å².